The third-order valence-electron chi connectivity index (χ3n) is 3.45. The van der Waals surface area contributed by atoms with E-state index in [1.807, 2.05) is 6.92 Å². The van der Waals surface area contributed by atoms with Gasteiger partial charge in [-0.15, -0.1) is 0 Å². The average Bonchev–Trinajstić information content (AvgIpc) is 2.57. The van der Waals surface area contributed by atoms with Gasteiger partial charge in [0.05, 0.1) is 0 Å². The van der Waals surface area contributed by atoms with Gasteiger partial charge in [0.1, 0.15) is 0 Å². The molecular weight excluding hydrogens is 238 g/mol. The molecule has 2 rings (SSSR count). The van der Waals surface area contributed by atoms with Crippen molar-refractivity contribution in [2.24, 2.45) is 0 Å². The number of para-hydroxylation sites is 1. The van der Waals surface area contributed by atoms with Crippen LogP contribution in [0.3, 0.4) is 0 Å². The number of rotatable bonds is 4. The molecule has 19 heavy (non-hydrogen) atoms. The first-order valence-electron chi connectivity index (χ1n) is 7.03. The SMILES string of the molecule is CCNC(=O)CCN1CC(C)NCc2ccccc21. The molecule has 2 N–H and O–H groups in total. The molecule has 0 bridgehead atoms. The van der Waals surface area contributed by atoms with Gasteiger partial charge in [0.15, 0.2) is 0 Å². The van der Waals surface area contributed by atoms with Crippen LogP contribution in [-0.4, -0.2) is 31.6 Å². The van der Waals surface area contributed by atoms with E-state index >= 15 is 0 Å². The fourth-order valence-electron chi connectivity index (χ4n) is 2.48. The zero-order valence-electron chi connectivity index (χ0n) is 11.8. The lowest BCUT2D eigenvalue weighted by molar-refractivity contribution is -0.120. The van der Waals surface area contributed by atoms with Gasteiger partial charge in [-0.05, 0) is 25.5 Å². The van der Waals surface area contributed by atoms with E-state index < -0.39 is 0 Å². The number of nitrogens with one attached hydrogen (secondary N) is 2. The predicted octanol–water partition coefficient (Wildman–Crippen LogP) is 1.51. The lowest BCUT2D eigenvalue weighted by atomic mass is 10.1. The molecule has 0 fully saturated rings. The molecule has 1 heterocycles. The van der Waals surface area contributed by atoms with Crippen molar-refractivity contribution in [2.75, 3.05) is 24.5 Å². The van der Waals surface area contributed by atoms with Crippen LogP contribution in [0, 0.1) is 0 Å². The molecule has 1 aliphatic rings. The molecular formula is C15H23N3O. The van der Waals surface area contributed by atoms with E-state index in [0.29, 0.717) is 19.0 Å². The number of amides is 1. The number of anilines is 1. The average molecular weight is 261 g/mol. The van der Waals surface area contributed by atoms with Gasteiger partial charge in [-0.3, -0.25) is 4.79 Å². The lowest BCUT2D eigenvalue weighted by Gasteiger charge is -2.26. The quantitative estimate of drug-likeness (QED) is 0.863. The summed E-state index contributed by atoms with van der Waals surface area (Å²) >= 11 is 0. The second-order valence-electron chi connectivity index (χ2n) is 5.06. The molecule has 0 spiro atoms. The van der Waals surface area contributed by atoms with Crippen LogP contribution >= 0.6 is 0 Å². The second kappa shape index (κ2) is 6.57. The number of hydrogen-bond acceptors (Lipinski definition) is 3. The highest BCUT2D eigenvalue weighted by Crippen LogP contribution is 2.23. The zero-order valence-corrected chi connectivity index (χ0v) is 11.8. The summed E-state index contributed by atoms with van der Waals surface area (Å²) in [5, 5.41) is 6.36. The third-order valence-corrected chi connectivity index (χ3v) is 3.45. The number of nitrogens with zero attached hydrogens (tertiary/aromatic N) is 1. The second-order valence-corrected chi connectivity index (χ2v) is 5.06. The Morgan fingerprint density at radius 3 is 3.05 bits per heavy atom. The maximum atomic E-state index is 11.6. The van der Waals surface area contributed by atoms with E-state index in [9.17, 15) is 4.79 Å². The van der Waals surface area contributed by atoms with Crippen LogP contribution in [0.5, 0.6) is 0 Å². The molecule has 4 nitrogen and oxygen atoms in total. The van der Waals surface area contributed by atoms with Gasteiger partial charge in [-0.2, -0.15) is 0 Å². The van der Waals surface area contributed by atoms with Crippen LogP contribution in [0.2, 0.25) is 0 Å². The predicted molar refractivity (Wildman–Crippen MR) is 78.3 cm³/mol. The summed E-state index contributed by atoms with van der Waals surface area (Å²) in [6.45, 7) is 7.45. The standard InChI is InChI=1S/C15H23N3O/c1-3-16-15(19)8-9-18-11-12(2)17-10-13-6-4-5-7-14(13)18/h4-7,12,17H,3,8-11H2,1-2H3,(H,16,19). The molecule has 4 heteroatoms. The molecule has 1 aliphatic heterocycles. The Kier molecular flexibility index (Phi) is 4.80. The lowest BCUT2D eigenvalue weighted by Crippen LogP contribution is -2.38. The minimum Gasteiger partial charge on any atom is -0.369 e. The third kappa shape index (κ3) is 3.70. The van der Waals surface area contributed by atoms with Crippen molar-refractivity contribution in [2.45, 2.75) is 32.9 Å². The van der Waals surface area contributed by atoms with Crippen LogP contribution < -0.4 is 15.5 Å². The van der Waals surface area contributed by atoms with E-state index in [2.05, 4.69) is 46.7 Å². The number of hydrogen-bond donors (Lipinski definition) is 2. The summed E-state index contributed by atoms with van der Waals surface area (Å²) in [5.74, 6) is 0.129. The van der Waals surface area contributed by atoms with Gasteiger partial charge in [0, 0.05) is 44.3 Å². The van der Waals surface area contributed by atoms with E-state index in [1.165, 1.54) is 11.3 Å². The largest absolute Gasteiger partial charge is 0.369 e. The molecule has 0 radical (unpaired) electrons. The van der Waals surface area contributed by atoms with Crippen LogP contribution in [0.15, 0.2) is 24.3 Å². The van der Waals surface area contributed by atoms with Crippen molar-refractivity contribution in [3.8, 4) is 0 Å². The molecule has 0 aliphatic carbocycles. The summed E-state index contributed by atoms with van der Waals surface area (Å²) in [6.07, 6.45) is 0.550. The van der Waals surface area contributed by atoms with Crippen molar-refractivity contribution < 1.29 is 4.79 Å². The van der Waals surface area contributed by atoms with Gasteiger partial charge in [0.2, 0.25) is 5.91 Å². The van der Waals surface area contributed by atoms with Gasteiger partial charge >= 0.3 is 0 Å². The first kappa shape index (κ1) is 13.9. The summed E-state index contributed by atoms with van der Waals surface area (Å²) < 4.78 is 0. The molecule has 1 aromatic carbocycles. The van der Waals surface area contributed by atoms with Gasteiger partial charge in [0.25, 0.3) is 0 Å². The smallest absolute Gasteiger partial charge is 0.221 e. The number of benzene rings is 1. The Hall–Kier alpha value is -1.55. The van der Waals surface area contributed by atoms with Gasteiger partial charge in [-0.1, -0.05) is 18.2 Å². The van der Waals surface area contributed by atoms with Gasteiger partial charge < -0.3 is 15.5 Å². The Bertz CT molecular complexity index is 433. The van der Waals surface area contributed by atoms with Crippen LogP contribution in [0.4, 0.5) is 5.69 Å². The van der Waals surface area contributed by atoms with Crippen molar-refractivity contribution >= 4 is 11.6 Å². The number of carbonyl (C=O) groups is 1. The minimum atomic E-state index is 0.129. The fraction of sp³-hybridized carbons (Fsp3) is 0.533. The van der Waals surface area contributed by atoms with E-state index in [-0.39, 0.29) is 5.91 Å². The van der Waals surface area contributed by atoms with E-state index in [0.717, 1.165) is 19.6 Å². The highest BCUT2D eigenvalue weighted by molar-refractivity contribution is 5.76. The maximum Gasteiger partial charge on any atom is 0.221 e. The summed E-state index contributed by atoms with van der Waals surface area (Å²) in [5.41, 5.74) is 2.56. The first-order valence-corrected chi connectivity index (χ1v) is 7.03. The molecule has 104 valence electrons. The maximum absolute atomic E-state index is 11.6. The molecule has 1 aromatic rings. The highest BCUT2D eigenvalue weighted by Gasteiger charge is 2.18. The van der Waals surface area contributed by atoms with E-state index in [1.54, 1.807) is 0 Å². The zero-order chi connectivity index (χ0) is 13.7. The van der Waals surface area contributed by atoms with Crippen LogP contribution in [0.1, 0.15) is 25.8 Å². The Morgan fingerprint density at radius 2 is 2.26 bits per heavy atom. The molecule has 1 atom stereocenters. The van der Waals surface area contributed by atoms with Crippen LogP contribution in [-0.2, 0) is 11.3 Å². The van der Waals surface area contributed by atoms with Crippen molar-refractivity contribution in [1.82, 2.24) is 10.6 Å². The summed E-state index contributed by atoms with van der Waals surface area (Å²) in [4.78, 5) is 13.9. The number of fused-ring (bicyclic) bond motifs is 1. The van der Waals surface area contributed by atoms with Crippen molar-refractivity contribution in [1.29, 1.82) is 0 Å². The molecule has 0 aromatic heterocycles. The molecule has 1 unspecified atom stereocenters. The van der Waals surface area contributed by atoms with Crippen molar-refractivity contribution in [3.05, 3.63) is 29.8 Å². The normalized spacial score (nSPS) is 18.6. The highest BCUT2D eigenvalue weighted by atomic mass is 16.1. The summed E-state index contributed by atoms with van der Waals surface area (Å²) in [6, 6.07) is 8.86. The first-order chi connectivity index (χ1) is 9.20. The molecule has 0 saturated carbocycles. The Labute approximate surface area is 115 Å². The van der Waals surface area contributed by atoms with Crippen LogP contribution in [0.25, 0.3) is 0 Å². The Morgan fingerprint density at radius 1 is 1.47 bits per heavy atom. The topological polar surface area (TPSA) is 44.4 Å². The number of carbonyl (C=O) groups excluding carboxylic acids is 1. The van der Waals surface area contributed by atoms with Gasteiger partial charge in [-0.25, -0.2) is 0 Å². The summed E-state index contributed by atoms with van der Waals surface area (Å²) in [7, 11) is 0. The fourth-order valence-corrected chi connectivity index (χ4v) is 2.48. The Balaban J connectivity index is 2.07. The minimum absolute atomic E-state index is 0.129. The van der Waals surface area contributed by atoms with E-state index in [4.69, 9.17) is 0 Å². The molecule has 0 saturated heterocycles. The monoisotopic (exact) mass is 261 g/mol. The van der Waals surface area contributed by atoms with Crippen molar-refractivity contribution in [3.63, 3.8) is 0 Å². The molecule has 1 amide bonds.